The Bertz CT molecular complexity index is 686. The lowest BCUT2D eigenvalue weighted by Crippen LogP contribution is -1.88. The van der Waals surface area contributed by atoms with E-state index in [9.17, 15) is 0 Å². The zero-order valence-corrected chi connectivity index (χ0v) is 11.7. The van der Waals surface area contributed by atoms with Gasteiger partial charge in [-0.25, -0.2) is 9.97 Å². The van der Waals surface area contributed by atoms with Crippen molar-refractivity contribution in [1.82, 2.24) is 9.97 Å². The second kappa shape index (κ2) is 4.05. The highest BCUT2D eigenvalue weighted by Crippen LogP contribution is 2.34. The highest BCUT2D eigenvalue weighted by atomic mass is 35.5. The van der Waals surface area contributed by atoms with Crippen LogP contribution in [0.2, 0.25) is 5.15 Å². The van der Waals surface area contributed by atoms with Crippen LogP contribution in [0.25, 0.3) is 21.6 Å². The minimum absolute atomic E-state index is 0.554. The van der Waals surface area contributed by atoms with Crippen LogP contribution in [0.4, 0.5) is 0 Å². The van der Waals surface area contributed by atoms with Crippen LogP contribution < -0.4 is 0 Å². The van der Waals surface area contributed by atoms with E-state index in [1.165, 1.54) is 10.4 Å². The van der Waals surface area contributed by atoms with E-state index in [-0.39, 0.29) is 0 Å². The minimum atomic E-state index is 0.554. The SMILES string of the molecule is Cc1sc2nc(-c3ccsc3)nc(Cl)c2c1C. The normalized spacial score (nSPS) is 11.2. The van der Waals surface area contributed by atoms with Crippen molar-refractivity contribution in [2.75, 3.05) is 0 Å². The van der Waals surface area contributed by atoms with Gasteiger partial charge >= 0.3 is 0 Å². The fourth-order valence-corrected chi connectivity index (χ4v) is 3.75. The maximum atomic E-state index is 6.26. The Morgan fingerprint density at radius 3 is 2.76 bits per heavy atom. The first-order valence-electron chi connectivity index (χ1n) is 5.12. The summed E-state index contributed by atoms with van der Waals surface area (Å²) < 4.78 is 0. The number of rotatable bonds is 1. The summed E-state index contributed by atoms with van der Waals surface area (Å²) in [6.07, 6.45) is 0. The molecule has 0 bridgehead atoms. The van der Waals surface area contributed by atoms with Gasteiger partial charge in [0.1, 0.15) is 9.98 Å². The van der Waals surface area contributed by atoms with Crippen molar-refractivity contribution >= 4 is 44.5 Å². The number of aryl methyl sites for hydroxylation is 2. The summed E-state index contributed by atoms with van der Waals surface area (Å²) in [5.41, 5.74) is 2.22. The molecule has 0 spiro atoms. The predicted octanol–water partition coefficient (Wildman–Crippen LogP) is 4.69. The van der Waals surface area contributed by atoms with Crippen molar-refractivity contribution in [1.29, 1.82) is 0 Å². The smallest absolute Gasteiger partial charge is 0.163 e. The molecule has 0 N–H and O–H groups in total. The van der Waals surface area contributed by atoms with E-state index in [0.717, 1.165) is 15.8 Å². The maximum absolute atomic E-state index is 6.26. The van der Waals surface area contributed by atoms with Gasteiger partial charge < -0.3 is 0 Å². The molecule has 0 aliphatic heterocycles. The lowest BCUT2D eigenvalue weighted by Gasteiger charge is -1.99. The summed E-state index contributed by atoms with van der Waals surface area (Å²) in [6.45, 7) is 4.15. The molecule has 86 valence electrons. The predicted molar refractivity (Wildman–Crippen MR) is 75.2 cm³/mol. The zero-order chi connectivity index (χ0) is 12.0. The van der Waals surface area contributed by atoms with E-state index in [1.807, 2.05) is 16.8 Å². The van der Waals surface area contributed by atoms with Gasteiger partial charge in [0.15, 0.2) is 5.82 Å². The Hall–Kier alpha value is -0.970. The van der Waals surface area contributed by atoms with E-state index in [2.05, 4.69) is 23.8 Å². The second-order valence-electron chi connectivity index (χ2n) is 3.81. The van der Waals surface area contributed by atoms with E-state index in [1.54, 1.807) is 22.7 Å². The molecule has 0 radical (unpaired) electrons. The molecule has 2 nitrogen and oxygen atoms in total. The average molecular weight is 281 g/mol. The summed E-state index contributed by atoms with van der Waals surface area (Å²) in [7, 11) is 0. The highest BCUT2D eigenvalue weighted by molar-refractivity contribution is 7.18. The second-order valence-corrected chi connectivity index (χ2v) is 6.15. The number of nitrogens with zero attached hydrogens (tertiary/aromatic N) is 2. The van der Waals surface area contributed by atoms with Gasteiger partial charge in [-0.15, -0.1) is 11.3 Å². The van der Waals surface area contributed by atoms with E-state index >= 15 is 0 Å². The van der Waals surface area contributed by atoms with Gasteiger partial charge in [0.05, 0.1) is 5.39 Å². The average Bonchev–Trinajstić information content (AvgIpc) is 2.88. The maximum Gasteiger partial charge on any atom is 0.163 e. The molecule has 3 aromatic heterocycles. The van der Waals surface area contributed by atoms with Gasteiger partial charge in [0, 0.05) is 15.8 Å². The molecule has 0 saturated carbocycles. The third-order valence-corrected chi connectivity index (χ3v) is 4.82. The monoisotopic (exact) mass is 280 g/mol. The fourth-order valence-electron chi connectivity index (χ4n) is 1.72. The van der Waals surface area contributed by atoms with Crippen LogP contribution in [0, 0.1) is 13.8 Å². The van der Waals surface area contributed by atoms with Crippen molar-refractivity contribution in [3.63, 3.8) is 0 Å². The highest BCUT2D eigenvalue weighted by Gasteiger charge is 2.13. The molecule has 17 heavy (non-hydrogen) atoms. The molecule has 5 heteroatoms. The Balaban J connectivity index is 2.32. The van der Waals surface area contributed by atoms with Crippen molar-refractivity contribution in [2.24, 2.45) is 0 Å². The largest absolute Gasteiger partial charge is 0.217 e. The molecule has 3 heterocycles. The van der Waals surface area contributed by atoms with Gasteiger partial charge in [0.2, 0.25) is 0 Å². The van der Waals surface area contributed by atoms with Gasteiger partial charge in [0.25, 0.3) is 0 Å². The molecular formula is C12H9ClN2S2. The van der Waals surface area contributed by atoms with Crippen molar-refractivity contribution in [3.05, 3.63) is 32.4 Å². The molecule has 0 aliphatic carbocycles. The first kappa shape index (κ1) is 11.1. The van der Waals surface area contributed by atoms with Crippen molar-refractivity contribution in [3.8, 4) is 11.4 Å². The van der Waals surface area contributed by atoms with Gasteiger partial charge in [-0.2, -0.15) is 11.3 Å². The lowest BCUT2D eigenvalue weighted by molar-refractivity contribution is 1.24. The Kier molecular flexibility index (Phi) is 2.65. The third-order valence-electron chi connectivity index (χ3n) is 2.76. The van der Waals surface area contributed by atoms with Crippen LogP contribution in [-0.4, -0.2) is 9.97 Å². The molecule has 0 saturated heterocycles. The molecule has 0 aliphatic rings. The molecule has 0 unspecified atom stereocenters. The quantitative estimate of drug-likeness (QED) is 0.604. The number of hydrogen-bond donors (Lipinski definition) is 0. The molecule has 3 aromatic rings. The lowest BCUT2D eigenvalue weighted by atomic mass is 10.2. The van der Waals surface area contributed by atoms with Crippen molar-refractivity contribution < 1.29 is 0 Å². The number of hydrogen-bond acceptors (Lipinski definition) is 4. The Morgan fingerprint density at radius 1 is 1.24 bits per heavy atom. The first-order chi connectivity index (χ1) is 8.16. The number of thiophene rings is 2. The van der Waals surface area contributed by atoms with Crippen LogP contribution in [-0.2, 0) is 0 Å². The molecule has 0 fully saturated rings. The van der Waals surface area contributed by atoms with E-state index in [4.69, 9.17) is 11.6 Å². The van der Waals surface area contributed by atoms with E-state index < -0.39 is 0 Å². The zero-order valence-electron chi connectivity index (χ0n) is 9.32. The third kappa shape index (κ3) is 1.76. The van der Waals surface area contributed by atoms with Crippen LogP contribution in [0.5, 0.6) is 0 Å². The van der Waals surface area contributed by atoms with Crippen LogP contribution in [0.3, 0.4) is 0 Å². The first-order valence-corrected chi connectivity index (χ1v) is 7.26. The Morgan fingerprint density at radius 2 is 2.06 bits per heavy atom. The number of aromatic nitrogens is 2. The van der Waals surface area contributed by atoms with Gasteiger partial charge in [-0.3, -0.25) is 0 Å². The van der Waals surface area contributed by atoms with Crippen molar-refractivity contribution in [2.45, 2.75) is 13.8 Å². The molecule has 0 amide bonds. The van der Waals surface area contributed by atoms with Crippen LogP contribution in [0.15, 0.2) is 16.8 Å². The topological polar surface area (TPSA) is 25.8 Å². The minimum Gasteiger partial charge on any atom is -0.217 e. The van der Waals surface area contributed by atoms with Gasteiger partial charge in [-0.1, -0.05) is 11.6 Å². The van der Waals surface area contributed by atoms with Crippen LogP contribution in [0.1, 0.15) is 10.4 Å². The molecule has 0 atom stereocenters. The van der Waals surface area contributed by atoms with E-state index in [0.29, 0.717) is 11.0 Å². The summed E-state index contributed by atoms with van der Waals surface area (Å²) in [5, 5.41) is 5.60. The molecule has 3 rings (SSSR count). The van der Waals surface area contributed by atoms with Crippen LogP contribution >= 0.6 is 34.3 Å². The summed E-state index contributed by atoms with van der Waals surface area (Å²) >= 11 is 9.56. The summed E-state index contributed by atoms with van der Waals surface area (Å²) in [5.74, 6) is 0.713. The Labute approximate surface area is 112 Å². The number of fused-ring (bicyclic) bond motifs is 1. The van der Waals surface area contributed by atoms with Gasteiger partial charge in [-0.05, 0) is 30.9 Å². The standard InChI is InChI=1S/C12H9ClN2S2/c1-6-7(2)17-12-9(6)10(13)14-11(15-12)8-3-4-16-5-8/h3-5H,1-2H3. The summed E-state index contributed by atoms with van der Waals surface area (Å²) in [4.78, 5) is 11.2. The number of halogens is 1. The fraction of sp³-hybridized carbons (Fsp3) is 0.167. The molecular weight excluding hydrogens is 272 g/mol. The summed E-state index contributed by atoms with van der Waals surface area (Å²) in [6, 6.07) is 2.01. The molecule has 0 aromatic carbocycles.